The molecule has 0 heterocycles. The summed E-state index contributed by atoms with van der Waals surface area (Å²) in [7, 11) is -2.58. The van der Waals surface area contributed by atoms with Crippen molar-refractivity contribution in [2.24, 2.45) is 5.41 Å². The zero-order chi connectivity index (χ0) is 9.61. The van der Waals surface area contributed by atoms with E-state index in [9.17, 15) is 4.57 Å². The quantitative estimate of drug-likeness (QED) is 0.673. The van der Waals surface area contributed by atoms with Crippen molar-refractivity contribution < 1.29 is 14.0 Å². The van der Waals surface area contributed by atoms with Crippen LogP contribution in [0.2, 0.25) is 0 Å². The molecule has 0 aliphatic heterocycles. The molecule has 12 heavy (non-hydrogen) atoms. The van der Waals surface area contributed by atoms with Gasteiger partial charge in [0, 0.05) is 4.57 Å². The lowest BCUT2D eigenvalue weighted by molar-refractivity contribution is 0.177. The van der Waals surface area contributed by atoms with Gasteiger partial charge in [0.1, 0.15) is 6.61 Å². The van der Waals surface area contributed by atoms with E-state index in [1.54, 1.807) is 0 Å². The van der Waals surface area contributed by atoms with Crippen LogP contribution in [0.1, 0.15) is 26.7 Å². The van der Waals surface area contributed by atoms with Crippen LogP contribution in [0.15, 0.2) is 0 Å². The van der Waals surface area contributed by atoms with Gasteiger partial charge in [-0.15, -0.1) is 9.42 Å². The van der Waals surface area contributed by atoms with Crippen LogP contribution in [-0.4, -0.2) is 11.5 Å². The number of hydrogen-bond donors (Lipinski definition) is 1. The van der Waals surface area contributed by atoms with Gasteiger partial charge < -0.3 is 0 Å². The highest BCUT2D eigenvalue weighted by atomic mass is 31.1. The Balaban J connectivity index is 4.14. The van der Waals surface area contributed by atoms with Crippen LogP contribution >= 0.6 is 8.25 Å². The molecule has 0 radical (unpaired) electrons. The molecule has 0 rings (SSSR count). The molecule has 0 saturated carbocycles. The largest absolute Gasteiger partial charge is 0.694 e. The lowest BCUT2D eigenvalue weighted by Gasteiger charge is -2.18. The van der Waals surface area contributed by atoms with Gasteiger partial charge in [0.05, 0.1) is 11.5 Å². The third kappa shape index (κ3) is 3.27. The third-order valence-corrected chi connectivity index (χ3v) is 2.39. The van der Waals surface area contributed by atoms with Gasteiger partial charge in [-0.25, -0.2) is 0 Å². The van der Waals surface area contributed by atoms with Crippen LogP contribution in [0.5, 0.6) is 0 Å². The molecule has 0 aliphatic rings. The van der Waals surface area contributed by atoms with Gasteiger partial charge in [0.15, 0.2) is 0 Å². The fourth-order valence-electron chi connectivity index (χ4n) is 0.823. The highest BCUT2D eigenvalue weighted by Gasteiger charge is 2.30. The Kier molecular flexibility index (Phi) is 5.00. The van der Waals surface area contributed by atoms with Gasteiger partial charge >= 0.3 is 8.25 Å². The van der Waals surface area contributed by atoms with Gasteiger partial charge in [0.2, 0.25) is 0 Å². The standard InChI is InChI=1S/C7H12NO3P/c1-3-7(4-2,5-8)6-11-12(9)10/h3-4,6H2,1-2H3/p+1. The molecule has 0 bridgehead atoms. The maximum absolute atomic E-state index is 10.2. The Labute approximate surface area is 73.1 Å². The average molecular weight is 190 g/mol. The Morgan fingerprint density at radius 1 is 1.58 bits per heavy atom. The summed E-state index contributed by atoms with van der Waals surface area (Å²) in [5.41, 5.74) is -0.603. The van der Waals surface area contributed by atoms with E-state index in [-0.39, 0.29) is 6.61 Å². The summed E-state index contributed by atoms with van der Waals surface area (Å²) in [4.78, 5) is 8.38. The summed E-state index contributed by atoms with van der Waals surface area (Å²) in [6.45, 7) is 3.75. The van der Waals surface area contributed by atoms with Crippen LogP contribution in [0.4, 0.5) is 0 Å². The van der Waals surface area contributed by atoms with E-state index in [0.717, 1.165) is 0 Å². The SMILES string of the molecule is CCC(C#N)(CC)CO[P+](=O)O. The number of nitrogens with zero attached hydrogens (tertiary/aromatic N) is 1. The molecule has 1 atom stereocenters. The molecule has 0 aliphatic carbocycles. The van der Waals surface area contributed by atoms with E-state index >= 15 is 0 Å². The second-order valence-corrected chi connectivity index (χ2v) is 3.34. The molecule has 0 fully saturated rings. The molecular formula is C7H13NO3P+. The molecule has 1 unspecified atom stereocenters. The van der Waals surface area contributed by atoms with E-state index in [4.69, 9.17) is 10.2 Å². The van der Waals surface area contributed by atoms with Crippen molar-refractivity contribution in [1.29, 1.82) is 5.26 Å². The van der Waals surface area contributed by atoms with Crippen LogP contribution < -0.4 is 0 Å². The van der Waals surface area contributed by atoms with E-state index < -0.39 is 13.7 Å². The van der Waals surface area contributed by atoms with Crippen molar-refractivity contribution in [3.8, 4) is 6.07 Å². The van der Waals surface area contributed by atoms with E-state index in [2.05, 4.69) is 10.6 Å². The predicted octanol–water partition coefficient (Wildman–Crippen LogP) is 1.98. The molecule has 0 aromatic rings. The van der Waals surface area contributed by atoms with Crippen molar-refractivity contribution in [2.75, 3.05) is 6.61 Å². The Bertz CT molecular complexity index is 195. The zero-order valence-electron chi connectivity index (χ0n) is 7.28. The van der Waals surface area contributed by atoms with Crippen molar-refractivity contribution in [3.05, 3.63) is 0 Å². The minimum absolute atomic E-state index is 0.0300. The first-order valence-corrected chi connectivity index (χ1v) is 4.93. The molecule has 0 spiro atoms. The first-order valence-electron chi connectivity index (χ1n) is 3.80. The molecule has 4 nitrogen and oxygen atoms in total. The normalized spacial score (nSPS) is 12.3. The molecule has 0 saturated heterocycles. The topological polar surface area (TPSA) is 70.3 Å². The fourth-order valence-corrected chi connectivity index (χ4v) is 1.18. The second-order valence-electron chi connectivity index (χ2n) is 2.61. The van der Waals surface area contributed by atoms with E-state index in [1.807, 2.05) is 13.8 Å². The van der Waals surface area contributed by atoms with Crippen molar-refractivity contribution in [3.63, 3.8) is 0 Å². The second kappa shape index (κ2) is 5.21. The van der Waals surface area contributed by atoms with Crippen LogP contribution in [-0.2, 0) is 9.09 Å². The predicted molar refractivity (Wildman–Crippen MR) is 44.4 cm³/mol. The third-order valence-electron chi connectivity index (χ3n) is 2.04. The van der Waals surface area contributed by atoms with Gasteiger partial charge in [-0.3, -0.25) is 0 Å². The van der Waals surface area contributed by atoms with Crippen LogP contribution in [0.3, 0.4) is 0 Å². The minimum atomic E-state index is -2.58. The van der Waals surface area contributed by atoms with Crippen molar-refractivity contribution in [1.82, 2.24) is 0 Å². The summed E-state index contributed by atoms with van der Waals surface area (Å²) >= 11 is 0. The van der Waals surface area contributed by atoms with E-state index in [0.29, 0.717) is 12.8 Å². The maximum Gasteiger partial charge on any atom is 0.694 e. The van der Waals surface area contributed by atoms with Crippen LogP contribution in [0, 0.1) is 16.7 Å². The first-order chi connectivity index (χ1) is 5.60. The highest BCUT2D eigenvalue weighted by Crippen LogP contribution is 2.29. The maximum atomic E-state index is 10.2. The summed E-state index contributed by atoms with van der Waals surface area (Å²) in [5.74, 6) is 0. The van der Waals surface area contributed by atoms with Gasteiger partial charge in [-0.05, 0) is 12.8 Å². The van der Waals surface area contributed by atoms with Crippen LogP contribution in [0.25, 0.3) is 0 Å². The molecular weight excluding hydrogens is 177 g/mol. The molecule has 68 valence electrons. The number of hydrogen-bond acceptors (Lipinski definition) is 3. The Hall–Kier alpha value is -0.490. The van der Waals surface area contributed by atoms with Crippen molar-refractivity contribution in [2.45, 2.75) is 26.7 Å². The summed E-state index contributed by atoms with van der Waals surface area (Å²) < 4.78 is 14.7. The van der Waals surface area contributed by atoms with Gasteiger partial charge in [-0.2, -0.15) is 5.26 Å². The molecule has 0 aromatic heterocycles. The lowest BCUT2D eigenvalue weighted by atomic mass is 9.85. The molecule has 0 aromatic carbocycles. The van der Waals surface area contributed by atoms with Gasteiger partial charge in [-0.1, -0.05) is 13.8 Å². The zero-order valence-corrected chi connectivity index (χ0v) is 8.17. The number of nitriles is 1. The molecule has 0 amide bonds. The smallest absolute Gasteiger partial charge is 0.198 e. The minimum Gasteiger partial charge on any atom is -0.198 e. The Morgan fingerprint density at radius 2 is 2.08 bits per heavy atom. The van der Waals surface area contributed by atoms with Gasteiger partial charge in [0.25, 0.3) is 0 Å². The molecule has 5 heteroatoms. The summed E-state index contributed by atoms with van der Waals surface area (Å²) in [5, 5.41) is 8.78. The molecule has 1 N–H and O–H groups in total. The first kappa shape index (κ1) is 11.5. The highest BCUT2D eigenvalue weighted by molar-refractivity contribution is 7.32. The average Bonchev–Trinajstić information content (AvgIpc) is 2.08. The Morgan fingerprint density at radius 3 is 2.33 bits per heavy atom. The monoisotopic (exact) mass is 190 g/mol. The summed E-state index contributed by atoms with van der Waals surface area (Å²) in [6, 6.07) is 2.11. The fraction of sp³-hybridized carbons (Fsp3) is 0.857. The van der Waals surface area contributed by atoms with Crippen molar-refractivity contribution >= 4 is 8.25 Å². The summed E-state index contributed by atoms with van der Waals surface area (Å²) in [6.07, 6.45) is 1.26. The lowest BCUT2D eigenvalue weighted by Crippen LogP contribution is -2.21. The number of rotatable bonds is 5. The van der Waals surface area contributed by atoms with E-state index in [1.165, 1.54) is 0 Å².